The van der Waals surface area contributed by atoms with Crippen LogP contribution in [0.4, 0.5) is 5.69 Å². The van der Waals surface area contributed by atoms with Gasteiger partial charge in [0.2, 0.25) is 5.91 Å². The zero-order chi connectivity index (χ0) is 13.5. The third kappa shape index (κ3) is 5.65. The van der Waals surface area contributed by atoms with Crippen LogP contribution in [-0.2, 0) is 4.79 Å². The molecule has 18 heavy (non-hydrogen) atoms. The number of anilines is 1. The maximum absolute atomic E-state index is 11.7. The van der Waals surface area contributed by atoms with E-state index in [4.69, 9.17) is 0 Å². The normalized spacial score (nSPS) is 10.7. The average Bonchev–Trinajstić information content (AvgIpc) is 2.29. The molecule has 0 spiro atoms. The fourth-order valence-electron chi connectivity index (χ4n) is 1.49. The van der Waals surface area contributed by atoms with Crippen molar-refractivity contribution in [3.63, 3.8) is 0 Å². The van der Waals surface area contributed by atoms with Crippen molar-refractivity contribution in [3.05, 3.63) is 28.2 Å². The molecular formula is C14H21BrN2O. The van der Waals surface area contributed by atoms with Gasteiger partial charge >= 0.3 is 0 Å². The molecule has 0 bridgehead atoms. The molecule has 0 aliphatic heterocycles. The van der Waals surface area contributed by atoms with E-state index in [2.05, 4.69) is 40.4 Å². The minimum absolute atomic E-state index is 0.0435. The number of carbonyl (C=O) groups is 1. The Kier molecular flexibility index (Phi) is 6.36. The molecule has 1 rings (SSSR count). The van der Waals surface area contributed by atoms with Crippen LogP contribution in [0.25, 0.3) is 0 Å². The summed E-state index contributed by atoms with van der Waals surface area (Å²) in [5, 5.41) is 6.14. The van der Waals surface area contributed by atoms with Crippen molar-refractivity contribution in [1.82, 2.24) is 5.32 Å². The molecule has 100 valence electrons. The van der Waals surface area contributed by atoms with Crippen molar-refractivity contribution in [2.45, 2.75) is 27.2 Å². The van der Waals surface area contributed by atoms with Gasteiger partial charge in [0.05, 0.1) is 0 Å². The summed E-state index contributed by atoms with van der Waals surface area (Å²) in [7, 11) is 0. The first-order valence-electron chi connectivity index (χ1n) is 6.25. The van der Waals surface area contributed by atoms with Gasteiger partial charge in [0.25, 0.3) is 0 Å². The Morgan fingerprint density at radius 3 is 2.72 bits per heavy atom. The summed E-state index contributed by atoms with van der Waals surface area (Å²) >= 11 is 3.45. The van der Waals surface area contributed by atoms with Crippen LogP contribution in [0.2, 0.25) is 0 Å². The largest absolute Gasteiger partial charge is 0.326 e. The summed E-state index contributed by atoms with van der Waals surface area (Å²) in [5.74, 6) is 0.656. The van der Waals surface area contributed by atoms with Crippen LogP contribution >= 0.6 is 15.9 Å². The number of rotatable bonds is 6. The predicted molar refractivity (Wildman–Crippen MR) is 79.8 cm³/mol. The highest BCUT2D eigenvalue weighted by atomic mass is 79.9. The predicted octanol–water partition coefficient (Wildman–Crippen LogP) is 3.33. The quantitative estimate of drug-likeness (QED) is 0.791. The maximum Gasteiger partial charge on any atom is 0.225 e. The summed E-state index contributed by atoms with van der Waals surface area (Å²) in [4.78, 5) is 11.7. The van der Waals surface area contributed by atoms with Crippen molar-refractivity contribution in [2.24, 2.45) is 5.92 Å². The zero-order valence-electron chi connectivity index (χ0n) is 11.2. The topological polar surface area (TPSA) is 41.1 Å². The van der Waals surface area contributed by atoms with Crippen molar-refractivity contribution in [1.29, 1.82) is 0 Å². The van der Waals surface area contributed by atoms with E-state index in [1.807, 2.05) is 25.1 Å². The number of benzene rings is 1. The maximum atomic E-state index is 11.7. The monoisotopic (exact) mass is 312 g/mol. The molecule has 3 nitrogen and oxygen atoms in total. The molecule has 0 saturated carbocycles. The van der Waals surface area contributed by atoms with Gasteiger partial charge < -0.3 is 10.6 Å². The van der Waals surface area contributed by atoms with Crippen molar-refractivity contribution in [2.75, 3.05) is 18.4 Å². The molecule has 1 amide bonds. The number of carbonyl (C=O) groups excluding carboxylic acids is 1. The number of hydrogen-bond acceptors (Lipinski definition) is 2. The molecule has 0 radical (unpaired) electrons. The van der Waals surface area contributed by atoms with E-state index in [0.717, 1.165) is 28.8 Å². The molecule has 0 atom stereocenters. The molecule has 4 heteroatoms. The summed E-state index contributed by atoms with van der Waals surface area (Å²) in [6.45, 7) is 7.99. The van der Waals surface area contributed by atoms with Crippen molar-refractivity contribution < 1.29 is 4.79 Å². The number of nitrogens with one attached hydrogen (secondary N) is 2. The third-order valence-electron chi connectivity index (χ3n) is 2.54. The third-order valence-corrected chi connectivity index (χ3v) is 3.39. The molecule has 0 saturated heterocycles. The molecule has 0 unspecified atom stereocenters. The smallest absolute Gasteiger partial charge is 0.225 e. The number of hydrogen-bond donors (Lipinski definition) is 2. The lowest BCUT2D eigenvalue weighted by Crippen LogP contribution is -2.24. The van der Waals surface area contributed by atoms with E-state index in [-0.39, 0.29) is 5.91 Å². The van der Waals surface area contributed by atoms with E-state index < -0.39 is 0 Å². The Bertz CT molecular complexity index is 405. The Morgan fingerprint density at radius 1 is 1.39 bits per heavy atom. The second-order valence-corrected chi connectivity index (χ2v) is 5.71. The molecular weight excluding hydrogens is 292 g/mol. The number of halogens is 1. The summed E-state index contributed by atoms with van der Waals surface area (Å²) in [6, 6.07) is 5.82. The van der Waals surface area contributed by atoms with Crippen LogP contribution in [0.15, 0.2) is 22.7 Å². The van der Waals surface area contributed by atoms with Gasteiger partial charge in [0.1, 0.15) is 0 Å². The fraction of sp³-hybridized carbons (Fsp3) is 0.500. The summed E-state index contributed by atoms with van der Waals surface area (Å²) in [6.07, 6.45) is 0.498. The molecule has 0 aliphatic rings. The average molecular weight is 313 g/mol. The lowest BCUT2D eigenvalue weighted by Gasteiger charge is -2.09. The first kappa shape index (κ1) is 15.2. The van der Waals surface area contributed by atoms with E-state index in [1.54, 1.807) is 0 Å². The van der Waals surface area contributed by atoms with Crippen molar-refractivity contribution in [3.8, 4) is 0 Å². The van der Waals surface area contributed by atoms with Gasteiger partial charge in [-0.05, 0) is 37.1 Å². The molecule has 2 N–H and O–H groups in total. The Labute approximate surface area is 117 Å². The van der Waals surface area contributed by atoms with Gasteiger partial charge in [-0.1, -0.05) is 35.8 Å². The summed E-state index contributed by atoms with van der Waals surface area (Å²) < 4.78 is 1.01. The van der Waals surface area contributed by atoms with Crippen LogP contribution in [0.3, 0.4) is 0 Å². The van der Waals surface area contributed by atoms with Gasteiger partial charge in [-0.25, -0.2) is 0 Å². The molecule has 0 fully saturated rings. The lowest BCUT2D eigenvalue weighted by molar-refractivity contribution is -0.116. The highest BCUT2D eigenvalue weighted by molar-refractivity contribution is 9.10. The summed E-state index contributed by atoms with van der Waals surface area (Å²) in [5.41, 5.74) is 1.99. The highest BCUT2D eigenvalue weighted by Gasteiger charge is 2.03. The lowest BCUT2D eigenvalue weighted by atomic mass is 10.2. The van der Waals surface area contributed by atoms with Crippen LogP contribution in [-0.4, -0.2) is 19.0 Å². The first-order valence-corrected chi connectivity index (χ1v) is 7.05. The van der Waals surface area contributed by atoms with Crippen molar-refractivity contribution >= 4 is 27.5 Å². The Balaban J connectivity index is 2.33. The molecule has 0 aliphatic carbocycles. The number of amides is 1. The van der Waals surface area contributed by atoms with E-state index in [9.17, 15) is 4.79 Å². The second kappa shape index (κ2) is 7.54. The van der Waals surface area contributed by atoms with Crippen LogP contribution in [0.1, 0.15) is 25.8 Å². The second-order valence-electron chi connectivity index (χ2n) is 4.86. The standard InChI is InChI=1S/C14H21BrN2O/c1-10(2)9-16-7-6-14(18)17-12-5-4-11(3)13(15)8-12/h4-5,8,10,16H,6-7,9H2,1-3H3,(H,17,18). The van der Waals surface area contributed by atoms with Crippen LogP contribution in [0, 0.1) is 12.8 Å². The van der Waals surface area contributed by atoms with E-state index in [0.29, 0.717) is 12.3 Å². The van der Waals surface area contributed by atoms with Gasteiger partial charge in [0.15, 0.2) is 0 Å². The van der Waals surface area contributed by atoms with Gasteiger partial charge in [-0.3, -0.25) is 4.79 Å². The van der Waals surface area contributed by atoms with Gasteiger partial charge in [-0.15, -0.1) is 0 Å². The minimum atomic E-state index is 0.0435. The molecule has 0 heterocycles. The van der Waals surface area contributed by atoms with Gasteiger partial charge in [-0.2, -0.15) is 0 Å². The van der Waals surface area contributed by atoms with Crippen LogP contribution < -0.4 is 10.6 Å². The Morgan fingerprint density at radius 2 is 2.11 bits per heavy atom. The number of aryl methyl sites for hydroxylation is 1. The fourth-order valence-corrected chi connectivity index (χ4v) is 1.87. The minimum Gasteiger partial charge on any atom is -0.326 e. The SMILES string of the molecule is Cc1ccc(NC(=O)CCNCC(C)C)cc1Br. The Hall–Kier alpha value is -0.870. The highest BCUT2D eigenvalue weighted by Crippen LogP contribution is 2.20. The molecule has 1 aromatic carbocycles. The zero-order valence-corrected chi connectivity index (χ0v) is 12.8. The molecule has 1 aromatic rings. The molecule has 0 aromatic heterocycles. The van der Waals surface area contributed by atoms with Crippen LogP contribution in [0.5, 0.6) is 0 Å². The first-order chi connectivity index (χ1) is 8.49. The van der Waals surface area contributed by atoms with E-state index in [1.165, 1.54) is 0 Å². The van der Waals surface area contributed by atoms with Gasteiger partial charge in [0, 0.05) is 23.1 Å². The van der Waals surface area contributed by atoms with E-state index >= 15 is 0 Å².